The quantitative estimate of drug-likeness (QED) is 0.664. The third-order valence-electron chi connectivity index (χ3n) is 4.93. The van der Waals surface area contributed by atoms with E-state index in [1.54, 1.807) is 12.3 Å². The Morgan fingerprint density at radius 1 is 1.04 bits per heavy atom. The van der Waals surface area contributed by atoms with Crippen LogP contribution in [0.4, 0.5) is 0 Å². The standard InChI is InChI=1S/C21H23N3O3S/c1-17-7-8-19(13-21(17)28(25,26)24-9-11-27-12-10-24)20-14-22-23(16-20)15-18-5-3-2-4-6-18/h2-8,13-14,16H,9-12,15H2,1H3. The molecule has 4 rings (SSSR count). The highest BCUT2D eigenvalue weighted by molar-refractivity contribution is 7.89. The third kappa shape index (κ3) is 3.87. The van der Waals surface area contributed by atoms with Crippen LogP contribution in [0.2, 0.25) is 0 Å². The molecule has 146 valence electrons. The lowest BCUT2D eigenvalue weighted by molar-refractivity contribution is 0.0730. The molecule has 1 aliphatic rings. The molecule has 0 atom stereocenters. The highest BCUT2D eigenvalue weighted by Crippen LogP contribution is 2.27. The van der Waals surface area contributed by atoms with Gasteiger partial charge in [-0.15, -0.1) is 0 Å². The van der Waals surface area contributed by atoms with Crippen molar-refractivity contribution in [3.8, 4) is 11.1 Å². The number of benzene rings is 2. The van der Waals surface area contributed by atoms with Gasteiger partial charge in [0.05, 0.1) is 30.9 Å². The van der Waals surface area contributed by atoms with E-state index in [-0.39, 0.29) is 0 Å². The first-order valence-electron chi connectivity index (χ1n) is 9.29. The summed E-state index contributed by atoms with van der Waals surface area (Å²) < 4.78 is 34.8. The Kier molecular flexibility index (Phi) is 5.30. The van der Waals surface area contributed by atoms with Crippen molar-refractivity contribution >= 4 is 10.0 Å². The molecule has 0 amide bonds. The molecule has 7 heteroatoms. The van der Waals surface area contributed by atoms with Gasteiger partial charge in [-0.3, -0.25) is 4.68 Å². The average molecular weight is 398 g/mol. The Hall–Kier alpha value is -2.48. The van der Waals surface area contributed by atoms with Crippen molar-refractivity contribution in [3.63, 3.8) is 0 Å². The van der Waals surface area contributed by atoms with Crippen molar-refractivity contribution in [2.75, 3.05) is 26.3 Å². The molecule has 1 aliphatic heterocycles. The van der Waals surface area contributed by atoms with Crippen LogP contribution in [0.5, 0.6) is 0 Å². The van der Waals surface area contributed by atoms with Crippen molar-refractivity contribution in [3.05, 3.63) is 72.1 Å². The number of ether oxygens (including phenoxy) is 1. The highest BCUT2D eigenvalue weighted by atomic mass is 32.2. The average Bonchev–Trinajstić information content (AvgIpc) is 3.18. The molecular weight excluding hydrogens is 374 g/mol. The normalized spacial score (nSPS) is 15.6. The topological polar surface area (TPSA) is 64.4 Å². The van der Waals surface area contributed by atoms with Gasteiger partial charge in [-0.25, -0.2) is 8.42 Å². The maximum atomic E-state index is 13.1. The van der Waals surface area contributed by atoms with Crippen molar-refractivity contribution in [1.29, 1.82) is 0 Å². The Morgan fingerprint density at radius 3 is 2.54 bits per heavy atom. The summed E-state index contributed by atoms with van der Waals surface area (Å²) in [4.78, 5) is 0.350. The third-order valence-corrected chi connectivity index (χ3v) is 6.97. The number of nitrogens with zero attached hydrogens (tertiary/aromatic N) is 3. The number of rotatable bonds is 5. The molecule has 2 heterocycles. The van der Waals surface area contributed by atoms with Gasteiger partial charge in [-0.1, -0.05) is 42.5 Å². The second-order valence-corrected chi connectivity index (χ2v) is 8.82. The number of hydrogen-bond donors (Lipinski definition) is 0. The zero-order valence-corrected chi connectivity index (χ0v) is 16.6. The predicted octanol–water partition coefficient (Wildman–Crippen LogP) is 2.93. The highest BCUT2D eigenvalue weighted by Gasteiger charge is 2.28. The molecule has 6 nitrogen and oxygen atoms in total. The maximum absolute atomic E-state index is 13.1. The molecule has 0 aliphatic carbocycles. The smallest absolute Gasteiger partial charge is 0.243 e. The molecule has 2 aromatic carbocycles. The minimum absolute atomic E-state index is 0.350. The van der Waals surface area contributed by atoms with Crippen LogP contribution in [-0.4, -0.2) is 48.8 Å². The summed E-state index contributed by atoms with van der Waals surface area (Å²) >= 11 is 0. The molecule has 0 unspecified atom stereocenters. The Labute approximate surface area is 165 Å². The number of sulfonamides is 1. The van der Waals surface area contributed by atoms with Gasteiger partial charge >= 0.3 is 0 Å². The summed E-state index contributed by atoms with van der Waals surface area (Å²) in [7, 11) is -3.54. The van der Waals surface area contributed by atoms with E-state index < -0.39 is 10.0 Å². The van der Waals surface area contributed by atoms with Crippen molar-refractivity contribution in [1.82, 2.24) is 14.1 Å². The fraction of sp³-hybridized carbons (Fsp3) is 0.286. The molecule has 0 spiro atoms. The molecule has 0 N–H and O–H groups in total. The Balaban J connectivity index is 1.62. The van der Waals surface area contributed by atoms with Gasteiger partial charge in [0, 0.05) is 24.8 Å². The van der Waals surface area contributed by atoms with E-state index in [1.807, 2.05) is 48.1 Å². The molecule has 0 saturated carbocycles. The van der Waals surface area contributed by atoms with Gasteiger partial charge < -0.3 is 4.74 Å². The lowest BCUT2D eigenvalue weighted by Crippen LogP contribution is -2.40. The van der Waals surface area contributed by atoms with Crippen LogP contribution in [-0.2, 0) is 21.3 Å². The van der Waals surface area contributed by atoms with Gasteiger partial charge in [-0.05, 0) is 29.7 Å². The van der Waals surface area contributed by atoms with E-state index in [0.29, 0.717) is 37.7 Å². The van der Waals surface area contributed by atoms with E-state index in [4.69, 9.17) is 4.74 Å². The molecular formula is C21H23N3O3S. The second kappa shape index (κ2) is 7.87. The summed E-state index contributed by atoms with van der Waals surface area (Å²) in [6, 6.07) is 15.7. The van der Waals surface area contributed by atoms with Gasteiger partial charge in [0.25, 0.3) is 0 Å². The van der Waals surface area contributed by atoms with Crippen LogP contribution in [0.1, 0.15) is 11.1 Å². The largest absolute Gasteiger partial charge is 0.379 e. The SMILES string of the molecule is Cc1ccc(-c2cnn(Cc3ccccc3)c2)cc1S(=O)(=O)N1CCOCC1. The molecule has 1 fully saturated rings. The van der Waals surface area contributed by atoms with Crippen molar-refractivity contribution in [2.24, 2.45) is 0 Å². The molecule has 1 aromatic heterocycles. The number of hydrogen-bond acceptors (Lipinski definition) is 4. The minimum atomic E-state index is -3.54. The van der Waals surface area contributed by atoms with Gasteiger partial charge in [0.2, 0.25) is 10.0 Å². The molecule has 1 saturated heterocycles. The summed E-state index contributed by atoms with van der Waals surface area (Å²) in [6.07, 6.45) is 3.72. The molecule has 28 heavy (non-hydrogen) atoms. The first-order chi connectivity index (χ1) is 13.5. The lowest BCUT2D eigenvalue weighted by atomic mass is 10.1. The zero-order valence-electron chi connectivity index (χ0n) is 15.8. The number of morpholine rings is 1. The van der Waals surface area contributed by atoms with Crippen molar-refractivity contribution < 1.29 is 13.2 Å². The van der Waals surface area contributed by atoms with Crippen LogP contribution < -0.4 is 0 Å². The van der Waals surface area contributed by atoms with Crippen molar-refractivity contribution in [2.45, 2.75) is 18.4 Å². The second-order valence-electron chi connectivity index (χ2n) is 6.91. The van der Waals surface area contributed by atoms with Crippen LogP contribution >= 0.6 is 0 Å². The number of aromatic nitrogens is 2. The predicted molar refractivity (Wildman–Crippen MR) is 108 cm³/mol. The summed E-state index contributed by atoms with van der Waals surface area (Å²) in [5, 5.41) is 4.43. The van der Waals surface area contributed by atoms with Gasteiger partial charge in [-0.2, -0.15) is 9.40 Å². The summed E-state index contributed by atoms with van der Waals surface area (Å²) in [5.41, 5.74) is 3.65. The first kappa shape index (κ1) is 18.9. The van der Waals surface area contributed by atoms with Gasteiger partial charge in [0.15, 0.2) is 0 Å². The minimum Gasteiger partial charge on any atom is -0.379 e. The monoisotopic (exact) mass is 397 g/mol. The molecule has 0 bridgehead atoms. The van der Waals surface area contributed by atoms with Crippen LogP contribution in [0, 0.1) is 6.92 Å². The van der Waals surface area contributed by atoms with E-state index >= 15 is 0 Å². The van der Waals surface area contributed by atoms with E-state index in [9.17, 15) is 8.42 Å². The molecule has 3 aromatic rings. The van der Waals surface area contributed by atoms with E-state index in [1.165, 1.54) is 4.31 Å². The van der Waals surface area contributed by atoms with E-state index in [2.05, 4.69) is 17.2 Å². The summed E-state index contributed by atoms with van der Waals surface area (Å²) in [5.74, 6) is 0. The summed E-state index contributed by atoms with van der Waals surface area (Å²) in [6.45, 7) is 4.15. The fourth-order valence-electron chi connectivity index (χ4n) is 3.35. The maximum Gasteiger partial charge on any atom is 0.243 e. The van der Waals surface area contributed by atoms with E-state index in [0.717, 1.165) is 22.3 Å². The van der Waals surface area contributed by atoms with Gasteiger partial charge in [0.1, 0.15) is 0 Å². The fourth-order valence-corrected chi connectivity index (χ4v) is 5.01. The Morgan fingerprint density at radius 2 is 1.79 bits per heavy atom. The zero-order chi connectivity index (χ0) is 19.6. The van der Waals surface area contributed by atoms with Crippen LogP contribution in [0.25, 0.3) is 11.1 Å². The molecule has 0 radical (unpaired) electrons. The van der Waals surface area contributed by atoms with Crippen LogP contribution in [0.15, 0.2) is 65.8 Å². The Bertz CT molecular complexity index is 1060. The number of aryl methyl sites for hydroxylation is 1. The first-order valence-corrected chi connectivity index (χ1v) is 10.7. The van der Waals surface area contributed by atoms with Crippen LogP contribution in [0.3, 0.4) is 0 Å². The lowest BCUT2D eigenvalue weighted by Gasteiger charge is -2.26.